The zero-order valence-electron chi connectivity index (χ0n) is 12.1. The number of benzene rings is 1. The van der Waals surface area contributed by atoms with Gasteiger partial charge in [0.05, 0.1) is 29.0 Å². The molecule has 2 aromatic rings. The van der Waals surface area contributed by atoms with Crippen LogP contribution in [0.2, 0.25) is 0 Å². The molecule has 3 rings (SSSR count). The van der Waals surface area contributed by atoms with E-state index in [2.05, 4.69) is 15.3 Å². The maximum Gasteiger partial charge on any atom is 0.266 e. The van der Waals surface area contributed by atoms with E-state index in [0.29, 0.717) is 22.5 Å². The predicted molar refractivity (Wildman–Crippen MR) is 90.3 cm³/mol. The third kappa shape index (κ3) is 3.36. The van der Waals surface area contributed by atoms with Crippen LogP contribution in [0.4, 0.5) is 5.69 Å². The number of fused-ring (bicyclic) bond motifs is 1. The molecule has 1 aliphatic rings. The van der Waals surface area contributed by atoms with Crippen molar-refractivity contribution in [1.29, 1.82) is 0 Å². The van der Waals surface area contributed by atoms with Gasteiger partial charge in [-0.3, -0.25) is 4.79 Å². The number of aromatic amines is 1. The molecule has 0 unspecified atom stereocenters. The lowest BCUT2D eigenvalue weighted by Crippen LogP contribution is -2.23. The SMILES string of the molecule is NC(=S)Nc1cc2[nH]c(=O)cnc2cc1OC1CCCCC1. The Morgan fingerprint density at radius 1 is 1.36 bits per heavy atom. The quantitative estimate of drug-likeness (QED) is 0.752. The van der Waals surface area contributed by atoms with Crippen molar-refractivity contribution in [3.63, 3.8) is 0 Å². The minimum Gasteiger partial charge on any atom is -0.488 e. The van der Waals surface area contributed by atoms with Crippen molar-refractivity contribution < 1.29 is 4.74 Å². The Balaban J connectivity index is 1.98. The van der Waals surface area contributed by atoms with Crippen molar-refractivity contribution in [2.75, 3.05) is 5.32 Å². The number of nitrogens with two attached hydrogens (primary N) is 1. The Morgan fingerprint density at radius 2 is 2.14 bits per heavy atom. The van der Waals surface area contributed by atoms with E-state index >= 15 is 0 Å². The molecule has 6 nitrogen and oxygen atoms in total. The normalized spacial score (nSPS) is 15.6. The van der Waals surface area contributed by atoms with Crippen molar-refractivity contribution >= 4 is 34.1 Å². The largest absolute Gasteiger partial charge is 0.488 e. The van der Waals surface area contributed by atoms with Gasteiger partial charge in [0.15, 0.2) is 5.11 Å². The van der Waals surface area contributed by atoms with Gasteiger partial charge in [0.25, 0.3) is 5.56 Å². The molecule has 0 saturated heterocycles. The zero-order chi connectivity index (χ0) is 15.5. The zero-order valence-corrected chi connectivity index (χ0v) is 12.9. The first kappa shape index (κ1) is 14.8. The minimum absolute atomic E-state index is 0.152. The number of aromatic nitrogens is 2. The summed E-state index contributed by atoms with van der Waals surface area (Å²) in [6.45, 7) is 0. The van der Waals surface area contributed by atoms with Crippen LogP contribution in [0.15, 0.2) is 23.1 Å². The van der Waals surface area contributed by atoms with Crippen molar-refractivity contribution in [2.24, 2.45) is 5.73 Å². The van der Waals surface area contributed by atoms with Gasteiger partial charge >= 0.3 is 0 Å². The van der Waals surface area contributed by atoms with Crippen LogP contribution in [0.3, 0.4) is 0 Å². The Labute approximate surface area is 133 Å². The van der Waals surface area contributed by atoms with Crippen LogP contribution in [-0.2, 0) is 0 Å². The Kier molecular flexibility index (Phi) is 4.24. The van der Waals surface area contributed by atoms with Crippen molar-refractivity contribution in [2.45, 2.75) is 38.2 Å². The molecule has 1 aromatic carbocycles. The molecule has 0 radical (unpaired) electrons. The average Bonchev–Trinajstić information content (AvgIpc) is 2.48. The fraction of sp³-hybridized carbons (Fsp3) is 0.400. The van der Waals surface area contributed by atoms with E-state index in [9.17, 15) is 4.79 Å². The summed E-state index contributed by atoms with van der Waals surface area (Å²) in [7, 11) is 0. The molecule has 1 fully saturated rings. The lowest BCUT2D eigenvalue weighted by atomic mass is 9.98. The van der Waals surface area contributed by atoms with Crippen LogP contribution in [0.5, 0.6) is 5.75 Å². The smallest absolute Gasteiger partial charge is 0.266 e. The first-order chi connectivity index (χ1) is 10.6. The molecule has 22 heavy (non-hydrogen) atoms. The first-order valence-electron chi connectivity index (χ1n) is 7.38. The molecular weight excluding hydrogens is 300 g/mol. The van der Waals surface area contributed by atoms with Gasteiger partial charge in [-0.25, -0.2) is 4.98 Å². The number of anilines is 1. The Hall–Kier alpha value is -2.15. The molecule has 4 N–H and O–H groups in total. The highest BCUT2D eigenvalue weighted by molar-refractivity contribution is 7.80. The molecule has 1 heterocycles. The summed E-state index contributed by atoms with van der Waals surface area (Å²) in [4.78, 5) is 18.3. The highest BCUT2D eigenvalue weighted by atomic mass is 32.1. The van der Waals surface area contributed by atoms with Crippen LogP contribution in [0.25, 0.3) is 11.0 Å². The number of H-pyrrole nitrogens is 1. The van der Waals surface area contributed by atoms with E-state index < -0.39 is 0 Å². The van der Waals surface area contributed by atoms with Gasteiger partial charge in [-0.15, -0.1) is 0 Å². The highest BCUT2D eigenvalue weighted by Crippen LogP contribution is 2.32. The second-order valence-corrected chi connectivity index (χ2v) is 5.92. The third-order valence-electron chi connectivity index (χ3n) is 3.78. The fourth-order valence-corrected chi connectivity index (χ4v) is 2.87. The number of hydrogen-bond donors (Lipinski definition) is 3. The number of nitrogens with zero attached hydrogens (tertiary/aromatic N) is 1. The number of hydrogen-bond acceptors (Lipinski definition) is 4. The fourth-order valence-electron chi connectivity index (χ4n) is 2.76. The maximum atomic E-state index is 11.4. The van der Waals surface area contributed by atoms with Gasteiger partial charge < -0.3 is 20.8 Å². The molecule has 7 heteroatoms. The molecule has 0 aliphatic heterocycles. The van der Waals surface area contributed by atoms with Gasteiger partial charge in [0.2, 0.25) is 0 Å². The molecule has 0 amide bonds. The second kappa shape index (κ2) is 6.31. The minimum atomic E-state index is -0.255. The summed E-state index contributed by atoms with van der Waals surface area (Å²) in [6.07, 6.45) is 7.17. The van der Waals surface area contributed by atoms with E-state index in [1.54, 1.807) is 12.1 Å². The molecule has 1 aliphatic carbocycles. The summed E-state index contributed by atoms with van der Waals surface area (Å²) in [6, 6.07) is 3.56. The predicted octanol–water partition coefficient (Wildman–Crippen LogP) is 2.29. The Bertz CT molecular complexity index is 753. The van der Waals surface area contributed by atoms with Crippen LogP contribution >= 0.6 is 12.2 Å². The number of nitrogens with one attached hydrogen (secondary N) is 2. The standard InChI is InChI=1S/C15H18N4O2S/c16-15(22)19-12-6-11-10(17-8-14(20)18-11)7-13(12)21-9-4-2-1-3-5-9/h6-9H,1-5H2,(H,18,20)(H3,16,19,22). The molecule has 0 spiro atoms. The van der Waals surface area contributed by atoms with Gasteiger partial charge in [0.1, 0.15) is 5.75 Å². The number of thiocarbonyl (C=S) groups is 1. The van der Waals surface area contributed by atoms with Gasteiger partial charge in [-0.1, -0.05) is 6.42 Å². The summed E-state index contributed by atoms with van der Waals surface area (Å²) in [5, 5.41) is 3.06. The maximum absolute atomic E-state index is 11.4. The van der Waals surface area contributed by atoms with E-state index in [4.69, 9.17) is 22.7 Å². The van der Waals surface area contributed by atoms with Gasteiger partial charge in [0, 0.05) is 6.07 Å². The molecule has 1 saturated carbocycles. The van der Waals surface area contributed by atoms with Gasteiger partial charge in [-0.05, 0) is 44.0 Å². The average molecular weight is 318 g/mol. The molecule has 0 atom stereocenters. The molecule has 1 aromatic heterocycles. The highest BCUT2D eigenvalue weighted by Gasteiger charge is 2.17. The van der Waals surface area contributed by atoms with Crippen molar-refractivity contribution in [3.05, 3.63) is 28.7 Å². The molecule has 116 valence electrons. The summed E-state index contributed by atoms with van der Waals surface area (Å²) < 4.78 is 6.12. The Morgan fingerprint density at radius 3 is 2.86 bits per heavy atom. The van der Waals surface area contributed by atoms with E-state index in [0.717, 1.165) is 12.8 Å². The lowest BCUT2D eigenvalue weighted by molar-refractivity contribution is 0.156. The van der Waals surface area contributed by atoms with Crippen molar-refractivity contribution in [3.8, 4) is 5.75 Å². The van der Waals surface area contributed by atoms with E-state index in [-0.39, 0.29) is 16.8 Å². The molecular formula is C15H18N4O2S. The summed E-state index contributed by atoms with van der Waals surface area (Å²) in [5.41, 5.74) is 7.25. The summed E-state index contributed by atoms with van der Waals surface area (Å²) in [5.74, 6) is 0.659. The second-order valence-electron chi connectivity index (χ2n) is 5.48. The number of rotatable bonds is 3. The monoisotopic (exact) mass is 318 g/mol. The van der Waals surface area contributed by atoms with Crippen LogP contribution in [0, 0.1) is 0 Å². The first-order valence-corrected chi connectivity index (χ1v) is 7.79. The summed E-state index contributed by atoms with van der Waals surface area (Å²) >= 11 is 4.91. The lowest BCUT2D eigenvalue weighted by Gasteiger charge is -2.24. The molecule has 0 bridgehead atoms. The number of ether oxygens (including phenoxy) is 1. The van der Waals surface area contributed by atoms with Crippen LogP contribution < -0.4 is 21.3 Å². The van der Waals surface area contributed by atoms with Crippen LogP contribution in [0.1, 0.15) is 32.1 Å². The van der Waals surface area contributed by atoms with E-state index in [1.807, 2.05) is 0 Å². The van der Waals surface area contributed by atoms with E-state index in [1.165, 1.54) is 25.5 Å². The van der Waals surface area contributed by atoms with Crippen LogP contribution in [-0.4, -0.2) is 21.2 Å². The van der Waals surface area contributed by atoms with Gasteiger partial charge in [-0.2, -0.15) is 0 Å². The third-order valence-corrected chi connectivity index (χ3v) is 3.88. The topological polar surface area (TPSA) is 93.0 Å². The van der Waals surface area contributed by atoms with Crippen molar-refractivity contribution in [1.82, 2.24) is 9.97 Å².